The molecule has 0 aromatic carbocycles. The van der Waals surface area contributed by atoms with E-state index >= 15 is 0 Å². The maximum absolute atomic E-state index is 12.8. The summed E-state index contributed by atoms with van der Waals surface area (Å²) in [6.07, 6.45) is 17.1. The molecular formula is C79H138N2O20. The predicted molar refractivity (Wildman–Crippen MR) is 391 cm³/mol. The Bertz CT molecular complexity index is 2390. The Kier molecular flexibility index (Phi) is 57.2. The highest BCUT2D eigenvalue weighted by Crippen LogP contribution is 2.28. The Morgan fingerprint density at radius 2 is 0.663 bits per heavy atom. The number of ether oxygens (including phenoxy) is 8. The van der Waals surface area contributed by atoms with E-state index in [0.717, 1.165) is 38.5 Å². The molecule has 101 heavy (non-hydrogen) atoms. The fraction of sp³-hybridized carbons (Fsp3) is 0.823. The van der Waals surface area contributed by atoms with E-state index in [9.17, 15) is 57.5 Å². The molecule has 0 saturated heterocycles. The van der Waals surface area contributed by atoms with Gasteiger partial charge in [0.15, 0.2) is 0 Å². The Labute approximate surface area is 607 Å². The van der Waals surface area contributed by atoms with Crippen molar-refractivity contribution in [3.05, 3.63) is 12.2 Å². The molecule has 1 aliphatic rings. The minimum absolute atomic E-state index is 0.0424. The van der Waals surface area contributed by atoms with E-state index in [1.165, 1.54) is 13.8 Å². The van der Waals surface area contributed by atoms with E-state index < -0.39 is 29.9 Å². The zero-order valence-electron chi connectivity index (χ0n) is 65.7. The van der Waals surface area contributed by atoms with Crippen molar-refractivity contribution in [3.8, 4) is 0 Å². The Hall–Kier alpha value is -5.90. The van der Waals surface area contributed by atoms with Gasteiger partial charge in [0.1, 0.15) is 60.6 Å². The normalized spacial score (nSPS) is 15.4. The van der Waals surface area contributed by atoms with Gasteiger partial charge in [0.25, 0.3) is 0 Å². The molecule has 22 heteroatoms. The Morgan fingerprint density at radius 3 is 1.04 bits per heavy atom. The van der Waals surface area contributed by atoms with Crippen LogP contribution in [-0.2, 0) is 95.4 Å². The van der Waals surface area contributed by atoms with Gasteiger partial charge in [-0.1, -0.05) is 116 Å². The van der Waals surface area contributed by atoms with Gasteiger partial charge in [0.2, 0.25) is 11.8 Å². The number of Topliss-reactive ketones (excluding diaryl/α,β-unsaturated/α-hetero) is 4. The number of carbonyl (C=O) groups is 12. The second-order valence-electron chi connectivity index (χ2n) is 29.7. The third kappa shape index (κ3) is 55.3. The molecule has 2 amide bonds. The number of rotatable bonds is 54. The van der Waals surface area contributed by atoms with Crippen LogP contribution in [0.25, 0.3) is 0 Å². The van der Waals surface area contributed by atoms with Gasteiger partial charge in [0.05, 0.1) is 63.3 Å². The predicted octanol–water partition coefficient (Wildman–Crippen LogP) is 14.1. The van der Waals surface area contributed by atoms with Crippen LogP contribution in [0.3, 0.4) is 0 Å². The van der Waals surface area contributed by atoms with Crippen LogP contribution in [-0.4, -0.2) is 148 Å². The average Bonchev–Trinajstić information content (AvgIpc) is 0.887. The van der Waals surface area contributed by atoms with Crippen LogP contribution in [0.5, 0.6) is 0 Å². The second-order valence-corrected chi connectivity index (χ2v) is 29.7. The fourth-order valence-electron chi connectivity index (χ4n) is 11.2. The average molecular weight is 1440 g/mol. The largest absolute Gasteiger partial charge is 0.465 e. The van der Waals surface area contributed by atoms with Gasteiger partial charge < -0.3 is 58.1 Å². The first-order valence-corrected chi connectivity index (χ1v) is 38.1. The summed E-state index contributed by atoms with van der Waals surface area (Å²) in [6.45, 7) is 36.9. The number of amides is 2. The lowest BCUT2D eigenvalue weighted by Gasteiger charge is -2.30. The van der Waals surface area contributed by atoms with Crippen molar-refractivity contribution in [2.24, 2.45) is 59.2 Å². The lowest BCUT2D eigenvalue weighted by molar-refractivity contribution is -0.163. The molecule has 1 saturated carbocycles. The topological polar surface area (TPSA) is 303 Å². The summed E-state index contributed by atoms with van der Waals surface area (Å²) in [4.78, 5) is 144. The third-order valence-corrected chi connectivity index (χ3v) is 16.5. The van der Waals surface area contributed by atoms with Crippen LogP contribution in [0.15, 0.2) is 12.2 Å². The van der Waals surface area contributed by atoms with Gasteiger partial charge in [-0.05, 0) is 165 Å². The molecule has 0 aliphatic heterocycles. The highest BCUT2D eigenvalue weighted by atomic mass is 16.6. The Balaban J connectivity index is 0. The summed E-state index contributed by atoms with van der Waals surface area (Å²) in [5.74, 6) is -0.595. The van der Waals surface area contributed by atoms with E-state index in [4.69, 9.17) is 37.9 Å². The smallest absolute Gasteiger partial charge is 0.328 e. The SMILES string of the molecule is CCC(CC(C)C)C(=O)OC1CCC(OC(=O)C(CC(C)C)NC(=O)CCCCC(C)=O)CC1.CCC(CC(C)C)C(=O)OCCCOC(=O)C(CC(=O)C/C=C/CC(C)=O)CC(C)C.CCC(CC(C)C)C(=O)OCCOCCOCCOC(=O)C(CC(C)C)NC(=O)CCCCC(C)=O. The summed E-state index contributed by atoms with van der Waals surface area (Å²) >= 11 is 0. The molecule has 1 rings (SSSR count). The molecule has 22 nitrogen and oxygen atoms in total. The van der Waals surface area contributed by atoms with Crippen molar-refractivity contribution in [2.45, 2.75) is 309 Å². The van der Waals surface area contributed by atoms with Crippen LogP contribution < -0.4 is 10.6 Å². The van der Waals surface area contributed by atoms with Crippen LogP contribution in [0.2, 0.25) is 0 Å². The number of nitrogens with one attached hydrogen (secondary N) is 2. The molecule has 6 atom stereocenters. The van der Waals surface area contributed by atoms with E-state index in [1.807, 2.05) is 62.3 Å². The minimum atomic E-state index is -0.704. The van der Waals surface area contributed by atoms with Gasteiger partial charge in [-0.15, -0.1) is 0 Å². The first-order valence-electron chi connectivity index (χ1n) is 38.1. The number of carbonyl (C=O) groups excluding carboxylic acids is 12. The summed E-state index contributed by atoms with van der Waals surface area (Å²) in [5.41, 5.74) is 0. The molecule has 584 valence electrons. The lowest BCUT2D eigenvalue weighted by Crippen LogP contribution is -2.44. The quantitative estimate of drug-likeness (QED) is 0.0247. The van der Waals surface area contributed by atoms with Crippen molar-refractivity contribution < 1.29 is 95.4 Å². The summed E-state index contributed by atoms with van der Waals surface area (Å²) in [5, 5.41) is 5.58. The van der Waals surface area contributed by atoms with Crippen molar-refractivity contribution in [3.63, 3.8) is 0 Å². The number of esters is 6. The van der Waals surface area contributed by atoms with Crippen LogP contribution in [0.1, 0.15) is 285 Å². The molecule has 1 fully saturated rings. The zero-order valence-corrected chi connectivity index (χ0v) is 65.7. The standard InChI is InChI=1S/C27H49NO8.C27H47NO6.C25H42O6/c1-7-23(18-20(2)3)26(31)35-16-14-33-12-13-34-15-17-36-27(32)24(19-21(4)5)28-25(30)11-9-8-10-22(6)29;1-7-21(16-18(2)3)26(31)33-22-12-14-23(15-13-22)34-27(32)24(17-19(4)5)28-25(30)11-9-8-10-20(6)29;1-7-21(15-18(2)3)24(28)30-13-10-14-31-25(29)22(16-19(4)5)17-23(27)12-9-8-11-20(6)26/h20-21,23-24H,7-19H2,1-6H3,(H,28,30);18-19,21-24H,7-17H2,1-6H3,(H,28,30);8-9,18-19,21-22H,7,10-17H2,1-6H3/b;;9-8+. The molecule has 0 radical (unpaired) electrons. The van der Waals surface area contributed by atoms with Crippen LogP contribution in [0, 0.1) is 59.2 Å². The van der Waals surface area contributed by atoms with Gasteiger partial charge in [-0.25, -0.2) is 9.59 Å². The maximum atomic E-state index is 12.8. The molecular weight excluding hydrogens is 1300 g/mol. The number of hydrogen-bond acceptors (Lipinski definition) is 20. The number of ketones is 4. The van der Waals surface area contributed by atoms with Crippen molar-refractivity contribution in [2.75, 3.05) is 52.9 Å². The molecule has 0 aromatic heterocycles. The van der Waals surface area contributed by atoms with E-state index in [-0.39, 0.29) is 159 Å². The number of hydrogen-bond donors (Lipinski definition) is 2. The van der Waals surface area contributed by atoms with E-state index in [1.54, 1.807) is 19.1 Å². The molecule has 6 unspecified atom stereocenters. The number of unbranched alkanes of at least 4 members (excludes halogenated alkanes) is 2. The van der Waals surface area contributed by atoms with Gasteiger partial charge >= 0.3 is 35.8 Å². The highest BCUT2D eigenvalue weighted by molar-refractivity contribution is 5.87. The fourth-order valence-corrected chi connectivity index (χ4v) is 11.2. The van der Waals surface area contributed by atoms with Gasteiger partial charge in [-0.3, -0.25) is 38.4 Å². The first kappa shape index (κ1) is 97.2. The van der Waals surface area contributed by atoms with Gasteiger partial charge in [-0.2, -0.15) is 0 Å². The second kappa shape index (κ2) is 59.5. The first-order chi connectivity index (χ1) is 47.6. The molecule has 0 heterocycles. The molecule has 0 spiro atoms. The molecule has 1 aliphatic carbocycles. The monoisotopic (exact) mass is 1430 g/mol. The summed E-state index contributed by atoms with van der Waals surface area (Å²) in [6, 6.07) is -1.37. The van der Waals surface area contributed by atoms with Crippen molar-refractivity contribution in [1.29, 1.82) is 0 Å². The van der Waals surface area contributed by atoms with Gasteiger partial charge in [0, 0.05) is 51.4 Å². The zero-order chi connectivity index (χ0) is 76.8. The highest BCUT2D eigenvalue weighted by Gasteiger charge is 2.32. The van der Waals surface area contributed by atoms with Crippen LogP contribution in [0.4, 0.5) is 0 Å². The number of allylic oxidation sites excluding steroid dienone is 2. The molecule has 0 bridgehead atoms. The summed E-state index contributed by atoms with van der Waals surface area (Å²) in [7, 11) is 0. The minimum Gasteiger partial charge on any atom is -0.465 e. The molecule has 2 N–H and O–H groups in total. The van der Waals surface area contributed by atoms with Crippen molar-refractivity contribution >= 4 is 70.8 Å². The Morgan fingerprint density at radius 1 is 0.347 bits per heavy atom. The van der Waals surface area contributed by atoms with E-state index in [0.29, 0.717) is 140 Å². The third-order valence-electron chi connectivity index (χ3n) is 16.5. The lowest BCUT2D eigenvalue weighted by atomic mass is 9.91. The van der Waals surface area contributed by atoms with E-state index in [2.05, 4.69) is 52.2 Å². The molecule has 0 aromatic rings. The van der Waals surface area contributed by atoms with Crippen molar-refractivity contribution in [1.82, 2.24) is 10.6 Å². The maximum Gasteiger partial charge on any atom is 0.328 e. The van der Waals surface area contributed by atoms with Crippen LogP contribution >= 0.6 is 0 Å². The summed E-state index contributed by atoms with van der Waals surface area (Å²) < 4.78 is 43.5.